The highest BCUT2D eigenvalue weighted by molar-refractivity contribution is 7.17. The average molecular weight is 277 g/mol. The molecule has 1 aromatic heterocycles. The lowest BCUT2D eigenvalue weighted by Crippen LogP contribution is -2.24. The number of carbonyl (C=O) groups excluding carboxylic acids is 1. The highest BCUT2D eigenvalue weighted by Crippen LogP contribution is 2.25. The van der Waals surface area contributed by atoms with Gasteiger partial charge in [-0.05, 0) is 24.8 Å². The van der Waals surface area contributed by atoms with Gasteiger partial charge in [-0.3, -0.25) is 4.79 Å². The van der Waals surface area contributed by atoms with Crippen LogP contribution in [0.4, 0.5) is 0 Å². The second-order valence-corrected chi connectivity index (χ2v) is 5.74. The van der Waals surface area contributed by atoms with Gasteiger partial charge in [0.1, 0.15) is 0 Å². The fourth-order valence-electron chi connectivity index (χ4n) is 1.99. The molecule has 19 heavy (non-hydrogen) atoms. The second kappa shape index (κ2) is 6.68. The van der Waals surface area contributed by atoms with Crippen LogP contribution >= 0.6 is 11.3 Å². The number of hydrogen-bond donors (Lipinski definition) is 2. The van der Waals surface area contributed by atoms with E-state index in [1.54, 1.807) is 11.3 Å². The van der Waals surface area contributed by atoms with Gasteiger partial charge in [-0.1, -0.05) is 25.1 Å². The van der Waals surface area contributed by atoms with Crippen molar-refractivity contribution in [1.82, 2.24) is 5.32 Å². The topological polar surface area (TPSA) is 49.3 Å². The summed E-state index contributed by atoms with van der Waals surface area (Å²) < 4.78 is 1.14. The molecule has 0 aliphatic carbocycles. The number of fused-ring (bicyclic) bond motifs is 1. The number of nitrogens with one attached hydrogen (secondary N) is 1. The predicted molar refractivity (Wildman–Crippen MR) is 79.6 cm³/mol. The molecule has 0 spiro atoms. The summed E-state index contributed by atoms with van der Waals surface area (Å²) in [6, 6.07) is 7.94. The molecule has 1 amide bonds. The van der Waals surface area contributed by atoms with Crippen molar-refractivity contribution in [2.75, 3.05) is 13.2 Å². The first-order valence-electron chi connectivity index (χ1n) is 6.57. The molecule has 0 aliphatic heterocycles. The molecule has 0 saturated heterocycles. The van der Waals surface area contributed by atoms with Crippen LogP contribution in [0.15, 0.2) is 29.6 Å². The minimum atomic E-state index is -0.00546. The number of benzene rings is 1. The van der Waals surface area contributed by atoms with Crippen molar-refractivity contribution in [3.63, 3.8) is 0 Å². The zero-order valence-electron chi connectivity index (χ0n) is 11.1. The lowest BCUT2D eigenvalue weighted by atomic mass is 10.1. The molecule has 1 aromatic carbocycles. The Morgan fingerprint density at radius 1 is 1.42 bits per heavy atom. The number of thiophene rings is 1. The van der Waals surface area contributed by atoms with Crippen LogP contribution in [-0.4, -0.2) is 24.2 Å². The van der Waals surface area contributed by atoms with Crippen LogP contribution in [0.5, 0.6) is 0 Å². The number of carbonyl (C=O) groups is 1. The molecule has 2 aromatic rings. The van der Waals surface area contributed by atoms with E-state index >= 15 is 0 Å². The van der Waals surface area contributed by atoms with Crippen LogP contribution < -0.4 is 5.32 Å². The number of rotatable bonds is 6. The van der Waals surface area contributed by atoms with E-state index in [-0.39, 0.29) is 12.5 Å². The van der Waals surface area contributed by atoms with Crippen LogP contribution in [0.2, 0.25) is 0 Å². The monoisotopic (exact) mass is 277 g/mol. The van der Waals surface area contributed by atoms with Crippen molar-refractivity contribution in [3.05, 3.63) is 35.2 Å². The maximum atomic E-state index is 12.1. The molecule has 0 fully saturated rings. The molecule has 3 nitrogen and oxygen atoms in total. The fraction of sp³-hybridized carbons (Fsp3) is 0.400. The highest BCUT2D eigenvalue weighted by atomic mass is 32.1. The smallest absolute Gasteiger partial charge is 0.252 e. The van der Waals surface area contributed by atoms with Gasteiger partial charge in [-0.15, -0.1) is 11.3 Å². The van der Waals surface area contributed by atoms with Crippen molar-refractivity contribution in [3.8, 4) is 0 Å². The third-order valence-electron chi connectivity index (χ3n) is 3.20. The first-order chi connectivity index (χ1) is 9.22. The van der Waals surface area contributed by atoms with Gasteiger partial charge in [0.25, 0.3) is 5.91 Å². The zero-order chi connectivity index (χ0) is 13.7. The van der Waals surface area contributed by atoms with Gasteiger partial charge >= 0.3 is 0 Å². The molecule has 0 bridgehead atoms. The summed E-state index contributed by atoms with van der Waals surface area (Å²) in [5.41, 5.74) is 0.760. The Morgan fingerprint density at radius 2 is 2.21 bits per heavy atom. The third-order valence-corrected chi connectivity index (χ3v) is 4.16. The van der Waals surface area contributed by atoms with Gasteiger partial charge in [0.2, 0.25) is 0 Å². The molecule has 0 radical (unpaired) electrons. The third kappa shape index (κ3) is 3.55. The maximum absolute atomic E-state index is 12.1. The van der Waals surface area contributed by atoms with Crippen LogP contribution in [-0.2, 0) is 0 Å². The SMILES string of the molecule is CC(CO)CCCNC(=O)c1csc2ccccc12. The number of hydrogen-bond acceptors (Lipinski definition) is 3. The summed E-state index contributed by atoms with van der Waals surface area (Å²) in [5, 5.41) is 14.8. The number of amides is 1. The molecule has 2 N–H and O–H groups in total. The molecule has 4 heteroatoms. The molecule has 0 saturated carbocycles. The van der Waals surface area contributed by atoms with Gasteiger partial charge in [-0.2, -0.15) is 0 Å². The predicted octanol–water partition coefficient (Wildman–Crippen LogP) is 3.04. The molecular formula is C15H19NO2S. The summed E-state index contributed by atoms with van der Waals surface area (Å²) in [5.74, 6) is 0.299. The lowest BCUT2D eigenvalue weighted by molar-refractivity contribution is 0.0954. The maximum Gasteiger partial charge on any atom is 0.252 e. The van der Waals surface area contributed by atoms with Gasteiger partial charge in [0.15, 0.2) is 0 Å². The zero-order valence-corrected chi connectivity index (χ0v) is 11.9. The summed E-state index contributed by atoms with van der Waals surface area (Å²) in [4.78, 5) is 12.1. The van der Waals surface area contributed by atoms with E-state index in [0.717, 1.165) is 28.5 Å². The van der Waals surface area contributed by atoms with Crippen LogP contribution in [0.25, 0.3) is 10.1 Å². The van der Waals surface area contributed by atoms with Gasteiger partial charge in [-0.25, -0.2) is 0 Å². The van der Waals surface area contributed by atoms with Crippen molar-refractivity contribution in [2.45, 2.75) is 19.8 Å². The minimum absolute atomic E-state index is 0.00546. The standard InChI is InChI=1S/C15H19NO2S/c1-11(9-17)5-4-8-16-15(18)13-10-19-14-7-3-2-6-12(13)14/h2-3,6-7,10-11,17H,4-5,8-9H2,1H3,(H,16,18). The molecule has 102 valence electrons. The fourth-order valence-corrected chi connectivity index (χ4v) is 2.93. The largest absolute Gasteiger partial charge is 0.396 e. The van der Waals surface area contributed by atoms with Crippen molar-refractivity contribution < 1.29 is 9.90 Å². The van der Waals surface area contributed by atoms with Crippen LogP contribution in [0.3, 0.4) is 0 Å². The Labute approximate surface area is 117 Å². The van der Waals surface area contributed by atoms with Crippen molar-refractivity contribution in [1.29, 1.82) is 0 Å². The van der Waals surface area contributed by atoms with Gasteiger partial charge in [0, 0.05) is 28.6 Å². The van der Waals surface area contributed by atoms with Crippen molar-refractivity contribution in [2.24, 2.45) is 5.92 Å². The lowest BCUT2D eigenvalue weighted by Gasteiger charge is -2.08. The van der Waals surface area contributed by atoms with E-state index in [2.05, 4.69) is 5.32 Å². The average Bonchev–Trinajstić information content (AvgIpc) is 2.87. The van der Waals surface area contributed by atoms with Crippen LogP contribution in [0.1, 0.15) is 30.1 Å². The Hall–Kier alpha value is -1.39. The summed E-state index contributed by atoms with van der Waals surface area (Å²) in [7, 11) is 0. The Bertz CT molecular complexity index is 550. The van der Waals surface area contributed by atoms with E-state index in [4.69, 9.17) is 5.11 Å². The first kappa shape index (κ1) is 14.0. The number of aliphatic hydroxyl groups excluding tert-OH is 1. The number of aliphatic hydroxyl groups is 1. The first-order valence-corrected chi connectivity index (χ1v) is 7.45. The summed E-state index contributed by atoms with van der Waals surface area (Å²) in [6.07, 6.45) is 1.83. The summed E-state index contributed by atoms with van der Waals surface area (Å²) >= 11 is 1.60. The van der Waals surface area contributed by atoms with Crippen LogP contribution in [0, 0.1) is 5.92 Å². The second-order valence-electron chi connectivity index (χ2n) is 4.83. The van der Waals surface area contributed by atoms with Gasteiger partial charge in [0.05, 0.1) is 5.56 Å². The Morgan fingerprint density at radius 3 is 3.00 bits per heavy atom. The minimum Gasteiger partial charge on any atom is -0.396 e. The van der Waals surface area contributed by atoms with E-state index in [1.807, 2.05) is 36.6 Å². The normalized spacial score (nSPS) is 12.5. The Kier molecular flexibility index (Phi) is 4.93. The Balaban J connectivity index is 1.90. The molecule has 2 rings (SSSR count). The molecule has 1 unspecified atom stereocenters. The highest BCUT2D eigenvalue weighted by Gasteiger charge is 2.11. The molecule has 1 heterocycles. The van der Waals surface area contributed by atoms with Crippen molar-refractivity contribution >= 4 is 27.3 Å². The molecule has 0 aliphatic rings. The van der Waals surface area contributed by atoms with E-state index in [0.29, 0.717) is 12.5 Å². The van der Waals surface area contributed by atoms with E-state index < -0.39 is 0 Å². The molecular weight excluding hydrogens is 258 g/mol. The van der Waals surface area contributed by atoms with E-state index in [9.17, 15) is 4.79 Å². The van der Waals surface area contributed by atoms with E-state index in [1.165, 1.54) is 0 Å². The quantitative estimate of drug-likeness (QED) is 0.797. The van der Waals surface area contributed by atoms with Gasteiger partial charge < -0.3 is 10.4 Å². The molecule has 1 atom stereocenters. The summed E-state index contributed by atoms with van der Waals surface area (Å²) in [6.45, 7) is 2.88.